The molecule has 0 aliphatic rings. The van der Waals surface area contributed by atoms with Gasteiger partial charge in [0.05, 0.1) is 4.47 Å². The molecule has 3 aromatic rings. The standard InChI is InChI=1S/C21H19BrO2S/c1-25-15-17-10-11-21(20(22)12-17)24-19-9-5-8-18(13-19)23-14-16-6-3-2-4-7-16/h2-13H,14-15H2,1H3. The molecule has 0 radical (unpaired) electrons. The van der Waals surface area contributed by atoms with Gasteiger partial charge in [-0.05, 0) is 57.6 Å². The largest absolute Gasteiger partial charge is 0.489 e. The zero-order chi connectivity index (χ0) is 17.5. The van der Waals surface area contributed by atoms with Crippen molar-refractivity contribution in [1.29, 1.82) is 0 Å². The highest BCUT2D eigenvalue weighted by Gasteiger charge is 2.06. The summed E-state index contributed by atoms with van der Waals surface area (Å²) in [7, 11) is 0. The van der Waals surface area contributed by atoms with E-state index in [4.69, 9.17) is 9.47 Å². The molecule has 3 aromatic carbocycles. The van der Waals surface area contributed by atoms with Crippen LogP contribution < -0.4 is 9.47 Å². The Morgan fingerprint density at radius 1 is 0.840 bits per heavy atom. The van der Waals surface area contributed by atoms with E-state index < -0.39 is 0 Å². The molecular formula is C21H19BrO2S. The highest BCUT2D eigenvalue weighted by molar-refractivity contribution is 9.10. The van der Waals surface area contributed by atoms with Crippen LogP contribution >= 0.6 is 27.7 Å². The van der Waals surface area contributed by atoms with Gasteiger partial charge in [0.1, 0.15) is 23.9 Å². The van der Waals surface area contributed by atoms with Crippen LogP contribution in [0.2, 0.25) is 0 Å². The molecule has 2 nitrogen and oxygen atoms in total. The van der Waals surface area contributed by atoms with Crippen LogP contribution in [0, 0.1) is 0 Å². The molecule has 4 heteroatoms. The molecule has 128 valence electrons. The van der Waals surface area contributed by atoms with Crippen LogP contribution in [0.4, 0.5) is 0 Å². The average Bonchev–Trinajstić information content (AvgIpc) is 2.64. The van der Waals surface area contributed by atoms with Crippen molar-refractivity contribution in [3.63, 3.8) is 0 Å². The molecule has 25 heavy (non-hydrogen) atoms. The zero-order valence-corrected chi connectivity index (χ0v) is 16.3. The zero-order valence-electron chi connectivity index (χ0n) is 13.9. The smallest absolute Gasteiger partial charge is 0.141 e. The monoisotopic (exact) mass is 414 g/mol. The molecule has 0 bridgehead atoms. The maximum Gasteiger partial charge on any atom is 0.141 e. The topological polar surface area (TPSA) is 18.5 Å². The number of hydrogen-bond donors (Lipinski definition) is 0. The molecule has 0 N–H and O–H groups in total. The first-order chi connectivity index (χ1) is 12.2. The first-order valence-electron chi connectivity index (χ1n) is 7.96. The van der Waals surface area contributed by atoms with Crippen molar-refractivity contribution in [2.45, 2.75) is 12.4 Å². The molecule has 0 fully saturated rings. The Morgan fingerprint density at radius 3 is 2.40 bits per heavy atom. The van der Waals surface area contributed by atoms with Crippen molar-refractivity contribution in [2.75, 3.05) is 6.26 Å². The number of thioether (sulfide) groups is 1. The summed E-state index contributed by atoms with van der Waals surface area (Å²) in [6, 6.07) is 24.0. The van der Waals surface area contributed by atoms with E-state index in [9.17, 15) is 0 Å². The molecule has 0 saturated carbocycles. The summed E-state index contributed by atoms with van der Waals surface area (Å²) in [5, 5.41) is 0. The van der Waals surface area contributed by atoms with Crippen molar-refractivity contribution < 1.29 is 9.47 Å². The number of rotatable bonds is 7. The van der Waals surface area contributed by atoms with Gasteiger partial charge < -0.3 is 9.47 Å². The van der Waals surface area contributed by atoms with Crippen LogP contribution in [0.15, 0.2) is 77.3 Å². The third-order valence-corrected chi connectivity index (χ3v) is 4.83. The van der Waals surface area contributed by atoms with Crippen LogP contribution in [0.1, 0.15) is 11.1 Å². The van der Waals surface area contributed by atoms with E-state index in [0.717, 1.165) is 33.0 Å². The second-order valence-electron chi connectivity index (χ2n) is 5.55. The highest BCUT2D eigenvalue weighted by Crippen LogP contribution is 2.32. The van der Waals surface area contributed by atoms with Gasteiger partial charge >= 0.3 is 0 Å². The molecule has 0 spiro atoms. The summed E-state index contributed by atoms with van der Waals surface area (Å²) in [6.07, 6.45) is 2.10. The van der Waals surface area contributed by atoms with Gasteiger partial charge in [0, 0.05) is 11.8 Å². The highest BCUT2D eigenvalue weighted by atomic mass is 79.9. The van der Waals surface area contributed by atoms with Crippen LogP contribution in [-0.4, -0.2) is 6.26 Å². The Hall–Kier alpha value is -1.91. The minimum absolute atomic E-state index is 0.539. The molecule has 0 aliphatic carbocycles. The van der Waals surface area contributed by atoms with Gasteiger partial charge in [-0.2, -0.15) is 11.8 Å². The lowest BCUT2D eigenvalue weighted by Gasteiger charge is -2.11. The molecule has 3 rings (SSSR count). The minimum Gasteiger partial charge on any atom is -0.489 e. The maximum atomic E-state index is 6.00. The van der Waals surface area contributed by atoms with E-state index in [1.165, 1.54) is 5.56 Å². The summed E-state index contributed by atoms with van der Waals surface area (Å²) in [4.78, 5) is 0. The minimum atomic E-state index is 0.539. The summed E-state index contributed by atoms with van der Waals surface area (Å²) in [5.74, 6) is 3.33. The Bertz CT molecular complexity index is 821. The van der Waals surface area contributed by atoms with E-state index in [1.807, 2.05) is 60.7 Å². The molecule has 0 aliphatic heterocycles. The predicted molar refractivity (Wildman–Crippen MR) is 109 cm³/mol. The first kappa shape index (κ1) is 17.9. The van der Waals surface area contributed by atoms with Gasteiger partial charge in [-0.1, -0.05) is 42.5 Å². The molecule has 0 unspecified atom stereocenters. The second kappa shape index (κ2) is 8.97. The van der Waals surface area contributed by atoms with E-state index in [1.54, 1.807) is 11.8 Å². The normalized spacial score (nSPS) is 10.5. The number of ether oxygens (including phenoxy) is 2. The third kappa shape index (κ3) is 5.28. The first-order valence-corrected chi connectivity index (χ1v) is 10.2. The van der Waals surface area contributed by atoms with Gasteiger partial charge in [0.15, 0.2) is 0 Å². The van der Waals surface area contributed by atoms with Gasteiger partial charge in [-0.3, -0.25) is 0 Å². The SMILES string of the molecule is CSCc1ccc(Oc2cccc(OCc3ccccc3)c2)c(Br)c1. The van der Waals surface area contributed by atoms with Crippen molar-refractivity contribution in [3.05, 3.63) is 88.4 Å². The fourth-order valence-corrected chi connectivity index (χ4v) is 3.40. The molecule has 0 amide bonds. The van der Waals surface area contributed by atoms with Crippen LogP contribution in [0.3, 0.4) is 0 Å². The Balaban J connectivity index is 1.67. The maximum absolute atomic E-state index is 6.00. The average molecular weight is 415 g/mol. The lowest BCUT2D eigenvalue weighted by molar-refractivity contribution is 0.304. The Morgan fingerprint density at radius 2 is 1.64 bits per heavy atom. The Labute approximate surface area is 161 Å². The molecule has 0 aromatic heterocycles. The summed E-state index contributed by atoms with van der Waals surface area (Å²) in [5.41, 5.74) is 2.41. The fraction of sp³-hybridized carbons (Fsp3) is 0.143. The van der Waals surface area contributed by atoms with E-state index in [2.05, 4.69) is 34.3 Å². The van der Waals surface area contributed by atoms with E-state index in [-0.39, 0.29) is 0 Å². The molecule has 0 heterocycles. The van der Waals surface area contributed by atoms with Crippen molar-refractivity contribution >= 4 is 27.7 Å². The Kier molecular flexibility index (Phi) is 6.42. The van der Waals surface area contributed by atoms with Crippen molar-refractivity contribution in [3.8, 4) is 17.2 Å². The van der Waals surface area contributed by atoms with E-state index in [0.29, 0.717) is 6.61 Å². The molecular weight excluding hydrogens is 396 g/mol. The van der Waals surface area contributed by atoms with Gasteiger partial charge in [-0.15, -0.1) is 0 Å². The lowest BCUT2D eigenvalue weighted by atomic mass is 10.2. The number of benzene rings is 3. The van der Waals surface area contributed by atoms with Crippen LogP contribution in [-0.2, 0) is 12.4 Å². The van der Waals surface area contributed by atoms with Crippen LogP contribution in [0.5, 0.6) is 17.2 Å². The van der Waals surface area contributed by atoms with E-state index >= 15 is 0 Å². The van der Waals surface area contributed by atoms with Crippen molar-refractivity contribution in [2.24, 2.45) is 0 Å². The summed E-state index contributed by atoms with van der Waals surface area (Å²) < 4.78 is 12.8. The van der Waals surface area contributed by atoms with Gasteiger partial charge in [0.25, 0.3) is 0 Å². The molecule has 0 saturated heterocycles. The van der Waals surface area contributed by atoms with Gasteiger partial charge in [0.2, 0.25) is 0 Å². The van der Waals surface area contributed by atoms with Crippen molar-refractivity contribution in [1.82, 2.24) is 0 Å². The lowest BCUT2D eigenvalue weighted by Crippen LogP contribution is -1.95. The fourth-order valence-electron chi connectivity index (χ4n) is 2.38. The van der Waals surface area contributed by atoms with Crippen LogP contribution in [0.25, 0.3) is 0 Å². The second-order valence-corrected chi connectivity index (χ2v) is 7.27. The number of hydrogen-bond acceptors (Lipinski definition) is 3. The summed E-state index contributed by atoms with van der Waals surface area (Å²) in [6.45, 7) is 0.539. The quantitative estimate of drug-likeness (QED) is 0.429. The van der Waals surface area contributed by atoms with Gasteiger partial charge in [-0.25, -0.2) is 0 Å². The molecule has 0 atom stereocenters. The predicted octanol–water partition coefficient (Wildman–Crippen LogP) is 6.68. The number of halogens is 1. The summed E-state index contributed by atoms with van der Waals surface area (Å²) >= 11 is 5.39. The third-order valence-electron chi connectivity index (χ3n) is 3.59.